The Balaban J connectivity index is 1.95. The first kappa shape index (κ1) is 14.7. The molecular formula is C15H22N2O3. The zero-order valence-corrected chi connectivity index (χ0v) is 12.1. The van der Waals surface area contributed by atoms with E-state index >= 15 is 0 Å². The smallest absolute Gasteiger partial charge is 0.223 e. The van der Waals surface area contributed by atoms with Crippen LogP contribution in [0.4, 0.5) is 0 Å². The molecule has 20 heavy (non-hydrogen) atoms. The first-order valence-electron chi connectivity index (χ1n) is 6.96. The van der Waals surface area contributed by atoms with Crippen LogP contribution in [0.15, 0.2) is 18.2 Å². The van der Waals surface area contributed by atoms with Crippen LogP contribution in [0, 0.1) is 0 Å². The van der Waals surface area contributed by atoms with E-state index in [0.717, 1.165) is 23.6 Å². The lowest BCUT2D eigenvalue weighted by atomic mass is 10.2. The van der Waals surface area contributed by atoms with Gasteiger partial charge in [-0.2, -0.15) is 0 Å². The molecule has 1 amide bonds. The molecule has 110 valence electrons. The minimum atomic E-state index is -0.0226. The maximum Gasteiger partial charge on any atom is 0.223 e. The Hall–Kier alpha value is -1.75. The van der Waals surface area contributed by atoms with Crippen molar-refractivity contribution in [1.82, 2.24) is 10.6 Å². The third-order valence-electron chi connectivity index (χ3n) is 3.30. The van der Waals surface area contributed by atoms with E-state index in [1.165, 1.54) is 12.8 Å². The van der Waals surface area contributed by atoms with Crippen molar-refractivity contribution in [2.75, 3.05) is 20.8 Å². The first-order valence-corrected chi connectivity index (χ1v) is 6.96. The SMILES string of the molecule is CNC(=O)CCOc1cc(OC)ccc1CNC1CC1. The molecular weight excluding hydrogens is 256 g/mol. The molecule has 0 heterocycles. The van der Waals surface area contributed by atoms with Crippen molar-refractivity contribution in [3.8, 4) is 11.5 Å². The second-order valence-corrected chi connectivity index (χ2v) is 4.90. The second kappa shape index (κ2) is 7.14. The lowest BCUT2D eigenvalue weighted by Crippen LogP contribution is -2.20. The molecule has 5 heteroatoms. The molecule has 0 spiro atoms. The zero-order valence-electron chi connectivity index (χ0n) is 12.1. The largest absolute Gasteiger partial charge is 0.497 e. The minimum Gasteiger partial charge on any atom is -0.497 e. The summed E-state index contributed by atoms with van der Waals surface area (Å²) in [6.45, 7) is 1.15. The molecule has 0 aliphatic heterocycles. The van der Waals surface area contributed by atoms with Gasteiger partial charge in [-0.15, -0.1) is 0 Å². The topological polar surface area (TPSA) is 59.6 Å². The van der Waals surface area contributed by atoms with Crippen molar-refractivity contribution < 1.29 is 14.3 Å². The van der Waals surface area contributed by atoms with Crippen molar-refractivity contribution in [3.05, 3.63) is 23.8 Å². The summed E-state index contributed by atoms with van der Waals surface area (Å²) in [5, 5.41) is 6.04. The number of rotatable bonds is 8. The highest BCUT2D eigenvalue weighted by molar-refractivity contribution is 5.75. The fourth-order valence-corrected chi connectivity index (χ4v) is 1.86. The van der Waals surface area contributed by atoms with E-state index in [1.807, 2.05) is 18.2 Å². The number of hydrogen-bond donors (Lipinski definition) is 2. The Bertz CT molecular complexity index is 458. The van der Waals surface area contributed by atoms with Crippen LogP contribution in [0.2, 0.25) is 0 Å². The van der Waals surface area contributed by atoms with E-state index in [2.05, 4.69) is 10.6 Å². The minimum absolute atomic E-state index is 0.0226. The predicted molar refractivity (Wildman–Crippen MR) is 77.0 cm³/mol. The number of amides is 1. The Morgan fingerprint density at radius 3 is 2.85 bits per heavy atom. The summed E-state index contributed by atoms with van der Waals surface area (Å²) in [5.41, 5.74) is 1.09. The fraction of sp³-hybridized carbons (Fsp3) is 0.533. The van der Waals surface area contributed by atoms with Gasteiger partial charge in [0, 0.05) is 31.3 Å². The van der Waals surface area contributed by atoms with Crippen molar-refractivity contribution in [3.63, 3.8) is 0 Å². The van der Waals surface area contributed by atoms with E-state index in [1.54, 1.807) is 14.2 Å². The molecule has 1 aliphatic carbocycles. The summed E-state index contributed by atoms with van der Waals surface area (Å²) >= 11 is 0. The molecule has 2 N–H and O–H groups in total. The Morgan fingerprint density at radius 1 is 1.40 bits per heavy atom. The Morgan fingerprint density at radius 2 is 2.20 bits per heavy atom. The molecule has 1 aliphatic rings. The van der Waals surface area contributed by atoms with Gasteiger partial charge in [0.1, 0.15) is 11.5 Å². The quantitative estimate of drug-likeness (QED) is 0.756. The highest BCUT2D eigenvalue weighted by atomic mass is 16.5. The van der Waals surface area contributed by atoms with Crippen LogP contribution in [-0.4, -0.2) is 32.7 Å². The molecule has 0 atom stereocenters. The number of hydrogen-bond acceptors (Lipinski definition) is 4. The number of carbonyl (C=O) groups excluding carboxylic acids is 1. The van der Waals surface area contributed by atoms with Gasteiger partial charge in [-0.25, -0.2) is 0 Å². The molecule has 0 bridgehead atoms. The van der Waals surface area contributed by atoms with E-state index < -0.39 is 0 Å². The highest BCUT2D eigenvalue weighted by Gasteiger charge is 2.20. The average molecular weight is 278 g/mol. The lowest BCUT2D eigenvalue weighted by molar-refractivity contribution is -0.121. The molecule has 1 fully saturated rings. The van der Waals surface area contributed by atoms with Crippen molar-refractivity contribution in [1.29, 1.82) is 0 Å². The van der Waals surface area contributed by atoms with E-state index in [4.69, 9.17) is 9.47 Å². The van der Waals surface area contributed by atoms with Crippen LogP contribution in [0.3, 0.4) is 0 Å². The van der Waals surface area contributed by atoms with E-state index in [9.17, 15) is 4.79 Å². The molecule has 1 saturated carbocycles. The maximum absolute atomic E-state index is 11.2. The number of carbonyl (C=O) groups is 1. The average Bonchev–Trinajstić information content (AvgIpc) is 3.29. The van der Waals surface area contributed by atoms with Crippen LogP contribution in [0.5, 0.6) is 11.5 Å². The normalized spacial score (nSPS) is 13.9. The number of nitrogens with one attached hydrogen (secondary N) is 2. The molecule has 0 radical (unpaired) electrons. The molecule has 0 saturated heterocycles. The Kier molecular flexibility index (Phi) is 5.24. The van der Waals surface area contributed by atoms with Crippen LogP contribution < -0.4 is 20.1 Å². The zero-order chi connectivity index (χ0) is 14.4. The van der Waals surface area contributed by atoms with Crippen LogP contribution >= 0.6 is 0 Å². The highest BCUT2D eigenvalue weighted by Crippen LogP contribution is 2.26. The van der Waals surface area contributed by atoms with Gasteiger partial charge in [-0.05, 0) is 18.9 Å². The number of methoxy groups -OCH3 is 1. The maximum atomic E-state index is 11.2. The van der Waals surface area contributed by atoms with Gasteiger partial charge in [-0.1, -0.05) is 6.07 Å². The van der Waals surface area contributed by atoms with E-state index in [0.29, 0.717) is 19.1 Å². The molecule has 0 aromatic heterocycles. The van der Waals surface area contributed by atoms with Gasteiger partial charge in [0.25, 0.3) is 0 Å². The lowest BCUT2D eigenvalue weighted by Gasteiger charge is -2.13. The van der Waals surface area contributed by atoms with Crippen LogP contribution in [-0.2, 0) is 11.3 Å². The summed E-state index contributed by atoms with van der Waals surface area (Å²) in [6, 6.07) is 6.45. The summed E-state index contributed by atoms with van der Waals surface area (Å²) in [4.78, 5) is 11.2. The van der Waals surface area contributed by atoms with E-state index in [-0.39, 0.29) is 5.91 Å². The summed E-state index contributed by atoms with van der Waals surface area (Å²) in [6.07, 6.45) is 2.86. The summed E-state index contributed by atoms with van der Waals surface area (Å²) in [7, 11) is 3.25. The van der Waals surface area contributed by atoms with Crippen molar-refractivity contribution in [2.24, 2.45) is 0 Å². The van der Waals surface area contributed by atoms with Gasteiger partial charge in [0.2, 0.25) is 5.91 Å². The molecule has 1 aromatic carbocycles. The number of ether oxygens (including phenoxy) is 2. The third kappa shape index (κ3) is 4.42. The molecule has 5 nitrogen and oxygen atoms in total. The molecule has 2 rings (SSSR count). The predicted octanol–water partition coefficient (Wildman–Crippen LogP) is 1.46. The molecule has 0 unspecified atom stereocenters. The standard InChI is InChI=1S/C15H22N2O3/c1-16-15(18)7-8-20-14-9-13(19-2)6-3-11(14)10-17-12-4-5-12/h3,6,9,12,17H,4-5,7-8,10H2,1-2H3,(H,16,18). The second-order valence-electron chi connectivity index (χ2n) is 4.90. The van der Waals surface area contributed by atoms with Gasteiger partial charge < -0.3 is 20.1 Å². The Labute approximate surface area is 119 Å². The first-order chi connectivity index (χ1) is 9.72. The van der Waals surface area contributed by atoms with Gasteiger partial charge in [0.15, 0.2) is 0 Å². The van der Waals surface area contributed by atoms with Crippen LogP contribution in [0.25, 0.3) is 0 Å². The van der Waals surface area contributed by atoms with Gasteiger partial charge in [-0.3, -0.25) is 4.79 Å². The van der Waals surface area contributed by atoms with Crippen molar-refractivity contribution >= 4 is 5.91 Å². The van der Waals surface area contributed by atoms with Crippen LogP contribution in [0.1, 0.15) is 24.8 Å². The van der Waals surface area contributed by atoms with Crippen molar-refractivity contribution in [2.45, 2.75) is 31.8 Å². The summed E-state index contributed by atoms with van der Waals surface area (Å²) < 4.78 is 10.9. The molecule has 1 aromatic rings. The third-order valence-corrected chi connectivity index (χ3v) is 3.30. The summed E-state index contributed by atoms with van der Waals surface area (Å²) in [5.74, 6) is 1.52. The monoisotopic (exact) mass is 278 g/mol. The fourth-order valence-electron chi connectivity index (χ4n) is 1.86. The van der Waals surface area contributed by atoms with Gasteiger partial charge in [0.05, 0.1) is 20.1 Å². The van der Waals surface area contributed by atoms with Gasteiger partial charge >= 0.3 is 0 Å². The number of benzene rings is 1.